The van der Waals surface area contributed by atoms with Gasteiger partial charge in [0.25, 0.3) is 0 Å². The molecule has 0 aromatic heterocycles. The van der Waals surface area contributed by atoms with Gasteiger partial charge in [0.2, 0.25) is 0 Å². The van der Waals surface area contributed by atoms with Gasteiger partial charge in [0.1, 0.15) is 5.56 Å². The van der Waals surface area contributed by atoms with Crippen LogP contribution in [0.15, 0.2) is 46.9 Å². The summed E-state index contributed by atoms with van der Waals surface area (Å²) in [5.74, 6) is -1.04. The summed E-state index contributed by atoms with van der Waals surface area (Å²) < 4.78 is 0.974. The first-order valence-corrected chi connectivity index (χ1v) is 6.76. The van der Waals surface area contributed by atoms with Crippen LogP contribution in [0.1, 0.15) is 15.9 Å². The molecular weight excluding hydrogens is 330 g/mol. The van der Waals surface area contributed by atoms with Crippen LogP contribution < -0.4 is 5.32 Å². The van der Waals surface area contributed by atoms with Gasteiger partial charge in [-0.1, -0.05) is 51.8 Å². The third kappa shape index (κ3) is 3.28. The van der Waals surface area contributed by atoms with Crippen molar-refractivity contribution in [1.29, 1.82) is 0 Å². The molecule has 0 saturated heterocycles. The molecule has 0 saturated carbocycles. The van der Waals surface area contributed by atoms with Gasteiger partial charge in [-0.2, -0.15) is 0 Å². The smallest absolute Gasteiger partial charge is 0.339 e. The van der Waals surface area contributed by atoms with Crippen molar-refractivity contribution in [3.05, 3.63) is 63.1 Å². The van der Waals surface area contributed by atoms with Gasteiger partial charge in [0.05, 0.1) is 10.7 Å². The average molecular weight is 341 g/mol. The number of nitrogens with one attached hydrogen (secondary N) is 1. The zero-order valence-electron chi connectivity index (χ0n) is 9.86. The third-order valence-corrected chi connectivity index (χ3v) is 3.74. The molecule has 0 fully saturated rings. The molecule has 0 spiro atoms. The highest BCUT2D eigenvalue weighted by Crippen LogP contribution is 2.25. The van der Waals surface area contributed by atoms with Gasteiger partial charge in [-0.15, -0.1) is 0 Å². The summed E-state index contributed by atoms with van der Waals surface area (Å²) >= 11 is 9.36. The molecule has 19 heavy (non-hydrogen) atoms. The largest absolute Gasteiger partial charge is 0.478 e. The first-order chi connectivity index (χ1) is 9.09. The minimum atomic E-state index is -1.04. The zero-order valence-corrected chi connectivity index (χ0v) is 12.2. The maximum absolute atomic E-state index is 11.2. The van der Waals surface area contributed by atoms with E-state index in [1.807, 2.05) is 24.3 Å². The second-order valence-corrected chi connectivity index (χ2v) is 5.17. The Labute approximate surface area is 124 Å². The van der Waals surface area contributed by atoms with E-state index in [0.717, 1.165) is 10.0 Å². The summed E-state index contributed by atoms with van der Waals surface area (Å²) in [6.07, 6.45) is 0. The van der Waals surface area contributed by atoms with E-state index in [1.54, 1.807) is 18.2 Å². The molecule has 0 bridgehead atoms. The lowest BCUT2D eigenvalue weighted by Crippen LogP contribution is -2.07. The van der Waals surface area contributed by atoms with Gasteiger partial charge in [0, 0.05) is 11.0 Å². The summed E-state index contributed by atoms with van der Waals surface area (Å²) in [5, 5.41) is 12.5. The highest BCUT2D eigenvalue weighted by atomic mass is 79.9. The molecule has 2 aromatic carbocycles. The molecule has 0 aliphatic carbocycles. The van der Waals surface area contributed by atoms with Gasteiger partial charge in [-0.05, 0) is 23.8 Å². The minimum Gasteiger partial charge on any atom is -0.478 e. The predicted octanol–water partition coefficient (Wildman–Crippen LogP) is 4.41. The first kappa shape index (κ1) is 13.9. The van der Waals surface area contributed by atoms with Crippen LogP contribution in [0.25, 0.3) is 0 Å². The van der Waals surface area contributed by atoms with Gasteiger partial charge in [-0.3, -0.25) is 0 Å². The normalized spacial score (nSPS) is 10.2. The van der Waals surface area contributed by atoms with Crippen molar-refractivity contribution in [2.24, 2.45) is 0 Å². The predicted molar refractivity (Wildman–Crippen MR) is 79.9 cm³/mol. The molecule has 0 heterocycles. The Bertz CT molecular complexity index is 616. The van der Waals surface area contributed by atoms with Crippen LogP contribution in [0.4, 0.5) is 5.69 Å². The minimum absolute atomic E-state index is 0.0937. The van der Waals surface area contributed by atoms with E-state index in [4.69, 9.17) is 16.7 Å². The van der Waals surface area contributed by atoms with Crippen LogP contribution in [0.5, 0.6) is 0 Å². The zero-order chi connectivity index (χ0) is 13.8. The van der Waals surface area contributed by atoms with Crippen LogP contribution in [0.3, 0.4) is 0 Å². The molecule has 2 aromatic rings. The first-order valence-electron chi connectivity index (χ1n) is 5.58. The number of carboxylic acids is 1. The number of carboxylic acid groups (broad SMARTS) is 1. The Hall–Kier alpha value is -1.52. The standard InChI is InChI=1S/C14H11BrClNO2/c15-10-5-2-1-4-9(10)8-17-12-7-3-6-11(16)13(12)14(18)19/h1-7,17H,8H2,(H,18,19). The lowest BCUT2D eigenvalue weighted by Gasteiger charge is -2.11. The van der Waals surface area contributed by atoms with Gasteiger partial charge < -0.3 is 10.4 Å². The molecule has 0 aliphatic heterocycles. The number of hydrogen-bond acceptors (Lipinski definition) is 2. The Morgan fingerprint density at radius 1 is 1.21 bits per heavy atom. The summed E-state index contributed by atoms with van der Waals surface area (Å²) in [5.41, 5.74) is 1.64. The van der Waals surface area contributed by atoms with Crippen LogP contribution in [0, 0.1) is 0 Å². The van der Waals surface area contributed by atoms with Crippen LogP contribution in [0.2, 0.25) is 5.02 Å². The lowest BCUT2D eigenvalue weighted by molar-refractivity contribution is 0.0698. The number of anilines is 1. The van der Waals surface area contributed by atoms with E-state index >= 15 is 0 Å². The van der Waals surface area contributed by atoms with Crippen molar-refractivity contribution < 1.29 is 9.90 Å². The Morgan fingerprint density at radius 3 is 2.63 bits per heavy atom. The van der Waals surface area contributed by atoms with E-state index in [2.05, 4.69) is 21.2 Å². The molecule has 98 valence electrons. The molecule has 0 aliphatic rings. The summed E-state index contributed by atoms with van der Waals surface area (Å²) in [6.45, 7) is 0.516. The maximum atomic E-state index is 11.2. The molecule has 0 atom stereocenters. The lowest BCUT2D eigenvalue weighted by atomic mass is 10.1. The van der Waals surface area contributed by atoms with Crippen molar-refractivity contribution in [2.45, 2.75) is 6.54 Å². The Morgan fingerprint density at radius 2 is 1.95 bits per heavy atom. The van der Waals surface area contributed by atoms with Crippen molar-refractivity contribution in [2.75, 3.05) is 5.32 Å². The van der Waals surface area contributed by atoms with Crippen LogP contribution in [-0.2, 0) is 6.54 Å². The summed E-state index contributed by atoms with van der Waals surface area (Å²) in [7, 11) is 0. The summed E-state index contributed by atoms with van der Waals surface area (Å²) in [6, 6.07) is 12.7. The highest BCUT2D eigenvalue weighted by molar-refractivity contribution is 9.10. The quantitative estimate of drug-likeness (QED) is 0.866. The molecule has 2 N–H and O–H groups in total. The maximum Gasteiger partial charge on any atom is 0.339 e. The molecule has 3 nitrogen and oxygen atoms in total. The monoisotopic (exact) mass is 339 g/mol. The second-order valence-electron chi connectivity index (χ2n) is 3.91. The fourth-order valence-corrected chi connectivity index (χ4v) is 2.40. The fourth-order valence-electron chi connectivity index (χ4n) is 1.72. The van der Waals surface area contributed by atoms with E-state index in [1.165, 1.54) is 0 Å². The number of carbonyl (C=O) groups is 1. The molecule has 2 rings (SSSR count). The Balaban J connectivity index is 2.23. The van der Waals surface area contributed by atoms with Gasteiger partial charge >= 0.3 is 5.97 Å². The van der Waals surface area contributed by atoms with E-state index < -0.39 is 5.97 Å². The van der Waals surface area contributed by atoms with E-state index in [9.17, 15) is 4.79 Å². The number of benzene rings is 2. The number of halogens is 2. The third-order valence-electron chi connectivity index (χ3n) is 2.65. The molecular formula is C14H11BrClNO2. The molecule has 0 unspecified atom stereocenters. The van der Waals surface area contributed by atoms with E-state index in [-0.39, 0.29) is 10.6 Å². The van der Waals surface area contributed by atoms with Crippen LogP contribution >= 0.6 is 27.5 Å². The topological polar surface area (TPSA) is 49.3 Å². The van der Waals surface area contributed by atoms with Crippen molar-refractivity contribution >= 4 is 39.2 Å². The summed E-state index contributed by atoms with van der Waals surface area (Å²) in [4.78, 5) is 11.2. The second kappa shape index (κ2) is 6.08. The van der Waals surface area contributed by atoms with E-state index in [0.29, 0.717) is 12.2 Å². The fraction of sp³-hybridized carbons (Fsp3) is 0.0714. The van der Waals surface area contributed by atoms with Gasteiger partial charge in [-0.25, -0.2) is 4.79 Å². The van der Waals surface area contributed by atoms with Crippen LogP contribution in [-0.4, -0.2) is 11.1 Å². The number of rotatable bonds is 4. The van der Waals surface area contributed by atoms with Crippen molar-refractivity contribution in [3.63, 3.8) is 0 Å². The number of aromatic carboxylic acids is 1. The Kier molecular flexibility index (Phi) is 4.45. The SMILES string of the molecule is O=C(O)c1c(Cl)cccc1NCc1ccccc1Br. The van der Waals surface area contributed by atoms with Gasteiger partial charge in [0.15, 0.2) is 0 Å². The molecule has 0 amide bonds. The van der Waals surface area contributed by atoms with Crippen molar-refractivity contribution in [1.82, 2.24) is 0 Å². The highest BCUT2D eigenvalue weighted by Gasteiger charge is 2.14. The molecule has 5 heteroatoms. The average Bonchev–Trinajstić information content (AvgIpc) is 2.37. The number of hydrogen-bond donors (Lipinski definition) is 2. The van der Waals surface area contributed by atoms with Crippen molar-refractivity contribution in [3.8, 4) is 0 Å². The molecule has 0 radical (unpaired) electrons.